The second-order valence-electron chi connectivity index (χ2n) is 5.40. The van der Waals surface area contributed by atoms with Crippen LogP contribution in [-0.2, 0) is 0 Å². The van der Waals surface area contributed by atoms with Crippen LogP contribution in [0.5, 0.6) is 0 Å². The molecule has 4 nitrogen and oxygen atoms in total. The van der Waals surface area contributed by atoms with Gasteiger partial charge in [-0.05, 0) is 33.4 Å². The Balaban J connectivity index is 4.11. The molecule has 4 heteroatoms. The zero-order valence-electron chi connectivity index (χ0n) is 11.0. The lowest BCUT2D eigenvalue weighted by Gasteiger charge is -2.26. The van der Waals surface area contributed by atoms with Crippen LogP contribution in [0.4, 0.5) is 0 Å². The maximum absolute atomic E-state index is 5.74. The maximum atomic E-state index is 5.74. The molecule has 0 heterocycles. The summed E-state index contributed by atoms with van der Waals surface area (Å²) in [4.78, 5) is 6.51. The molecule has 0 aromatic carbocycles. The molecule has 0 amide bonds. The van der Waals surface area contributed by atoms with Crippen molar-refractivity contribution in [3.8, 4) is 0 Å². The van der Waals surface area contributed by atoms with Gasteiger partial charge in [0.15, 0.2) is 5.96 Å². The molecule has 0 radical (unpaired) electrons. The molecule has 0 bridgehead atoms. The van der Waals surface area contributed by atoms with Crippen molar-refractivity contribution in [3.63, 3.8) is 0 Å². The first kappa shape index (κ1) is 14.2. The van der Waals surface area contributed by atoms with Gasteiger partial charge >= 0.3 is 0 Å². The summed E-state index contributed by atoms with van der Waals surface area (Å²) in [7, 11) is 4.14. The second-order valence-corrected chi connectivity index (χ2v) is 5.40. The first-order valence-electron chi connectivity index (χ1n) is 5.44. The minimum Gasteiger partial charge on any atom is -0.370 e. The highest BCUT2D eigenvalue weighted by molar-refractivity contribution is 5.78. The Labute approximate surface area is 93.9 Å². The zero-order chi connectivity index (χ0) is 12.1. The van der Waals surface area contributed by atoms with E-state index < -0.39 is 0 Å². The maximum Gasteiger partial charge on any atom is 0.188 e. The van der Waals surface area contributed by atoms with Crippen molar-refractivity contribution >= 4 is 5.96 Å². The van der Waals surface area contributed by atoms with Gasteiger partial charge in [0.1, 0.15) is 0 Å². The van der Waals surface area contributed by atoms with E-state index in [9.17, 15) is 0 Å². The largest absolute Gasteiger partial charge is 0.370 e. The van der Waals surface area contributed by atoms with E-state index in [2.05, 4.69) is 43.2 Å². The van der Waals surface area contributed by atoms with Crippen molar-refractivity contribution in [2.75, 3.05) is 27.2 Å². The number of nitrogens with one attached hydrogen (secondary N) is 1. The number of rotatable bonds is 5. The summed E-state index contributed by atoms with van der Waals surface area (Å²) >= 11 is 0. The van der Waals surface area contributed by atoms with Gasteiger partial charge in [0.05, 0.1) is 0 Å². The van der Waals surface area contributed by atoms with Crippen LogP contribution < -0.4 is 11.1 Å². The third kappa shape index (κ3) is 8.24. The molecule has 0 saturated heterocycles. The van der Waals surface area contributed by atoms with Crippen molar-refractivity contribution in [1.29, 1.82) is 0 Å². The van der Waals surface area contributed by atoms with Crippen molar-refractivity contribution in [3.05, 3.63) is 0 Å². The number of hydrogen-bond acceptors (Lipinski definition) is 2. The van der Waals surface area contributed by atoms with Crippen molar-refractivity contribution in [1.82, 2.24) is 10.2 Å². The van der Waals surface area contributed by atoms with Gasteiger partial charge < -0.3 is 16.0 Å². The second kappa shape index (κ2) is 5.95. The van der Waals surface area contributed by atoms with E-state index in [4.69, 9.17) is 5.73 Å². The van der Waals surface area contributed by atoms with E-state index in [0.29, 0.717) is 12.0 Å². The number of nitrogens with two attached hydrogens (primary N) is 1. The average molecular weight is 214 g/mol. The van der Waals surface area contributed by atoms with Crippen LogP contribution >= 0.6 is 0 Å². The summed E-state index contributed by atoms with van der Waals surface area (Å²) in [6.45, 7) is 10.2. The molecule has 0 aromatic rings. The lowest BCUT2D eigenvalue weighted by atomic mass is 9.93. The molecule has 0 atom stereocenters. The standard InChI is InChI=1S/C11H26N4/c1-9(2)14-10(12)13-7-11(3,4)8-15(5)6/h9H,7-8H2,1-6H3,(H3,12,13,14). The first-order chi connectivity index (χ1) is 6.73. The van der Waals surface area contributed by atoms with Crippen LogP contribution in [0, 0.1) is 5.41 Å². The highest BCUT2D eigenvalue weighted by atomic mass is 15.1. The van der Waals surface area contributed by atoms with E-state index in [1.165, 1.54) is 0 Å². The Kier molecular flexibility index (Phi) is 5.65. The number of hydrogen-bond donors (Lipinski definition) is 2. The third-order valence-electron chi connectivity index (χ3n) is 1.86. The normalized spacial score (nSPS) is 13.7. The molecular weight excluding hydrogens is 188 g/mol. The van der Waals surface area contributed by atoms with Gasteiger partial charge in [0.25, 0.3) is 0 Å². The van der Waals surface area contributed by atoms with E-state index in [0.717, 1.165) is 13.1 Å². The smallest absolute Gasteiger partial charge is 0.188 e. The molecule has 3 N–H and O–H groups in total. The van der Waals surface area contributed by atoms with Gasteiger partial charge in [-0.15, -0.1) is 0 Å². The summed E-state index contributed by atoms with van der Waals surface area (Å²) < 4.78 is 0. The highest BCUT2D eigenvalue weighted by Crippen LogP contribution is 2.15. The first-order valence-corrected chi connectivity index (χ1v) is 5.44. The fourth-order valence-corrected chi connectivity index (χ4v) is 1.55. The molecule has 0 aliphatic rings. The minimum absolute atomic E-state index is 0.160. The quantitative estimate of drug-likeness (QED) is 0.528. The van der Waals surface area contributed by atoms with E-state index in [-0.39, 0.29) is 5.41 Å². The number of nitrogens with zero attached hydrogens (tertiary/aromatic N) is 2. The summed E-state index contributed by atoms with van der Waals surface area (Å²) in [6, 6.07) is 0.339. The Morgan fingerprint density at radius 1 is 1.40 bits per heavy atom. The van der Waals surface area contributed by atoms with Crippen LogP contribution in [0.3, 0.4) is 0 Å². The van der Waals surface area contributed by atoms with Crippen LogP contribution in [0.25, 0.3) is 0 Å². The fraction of sp³-hybridized carbons (Fsp3) is 0.909. The van der Waals surface area contributed by atoms with Crippen LogP contribution in [0.1, 0.15) is 27.7 Å². The molecule has 0 aliphatic heterocycles. The summed E-state index contributed by atoms with van der Waals surface area (Å²) in [5.41, 5.74) is 5.90. The van der Waals surface area contributed by atoms with E-state index in [1.807, 2.05) is 13.8 Å². The van der Waals surface area contributed by atoms with Crippen molar-refractivity contribution < 1.29 is 0 Å². The van der Waals surface area contributed by atoms with Crippen LogP contribution in [-0.4, -0.2) is 44.1 Å². The molecule has 0 unspecified atom stereocenters. The highest BCUT2D eigenvalue weighted by Gasteiger charge is 2.18. The monoisotopic (exact) mass is 214 g/mol. The minimum atomic E-state index is 0.160. The Hall–Kier alpha value is -0.770. The van der Waals surface area contributed by atoms with Crippen molar-refractivity contribution in [2.24, 2.45) is 16.1 Å². The Morgan fingerprint density at radius 3 is 2.33 bits per heavy atom. The predicted molar refractivity (Wildman–Crippen MR) is 67.1 cm³/mol. The molecule has 0 aliphatic carbocycles. The lowest BCUT2D eigenvalue weighted by Crippen LogP contribution is -2.38. The summed E-state index contributed by atoms with van der Waals surface area (Å²) in [5, 5.41) is 3.08. The fourth-order valence-electron chi connectivity index (χ4n) is 1.55. The van der Waals surface area contributed by atoms with Gasteiger partial charge in [-0.1, -0.05) is 13.8 Å². The average Bonchev–Trinajstić information content (AvgIpc) is 1.97. The molecule has 0 rings (SSSR count). The van der Waals surface area contributed by atoms with Gasteiger partial charge in [-0.25, -0.2) is 0 Å². The topological polar surface area (TPSA) is 53.6 Å². The molecule has 15 heavy (non-hydrogen) atoms. The SMILES string of the molecule is CC(C)NC(N)=NCC(C)(C)CN(C)C. The molecular formula is C11H26N4. The van der Waals surface area contributed by atoms with Gasteiger partial charge in [-0.3, -0.25) is 4.99 Å². The van der Waals surface area contributed by atoms with Gasteiger partial charge in [0.2, 0.25) is 0 Å². The van der Waals surface area contributed by atoms with Crippen LogP contribution in [0.2, 0.25) is 0 Å². The lowest BCUT2D eigenvalue weighted by molar-refractivity contribution is 0.249. The number of guanidine groups is 1. The van der Waals surface area contributed by atoms with Gasteiger partial charge in [0, 0.05) is 19.1 Å². The van der Waals surface area contributed by atoms with Crippen LogP contribution in [0.15, 0.2) is 4.99 Å². The van der Waals surface area contributed by atoms with Crippen molar-refractivity contribution in [2.45, 2.75) is 33.7 Å². The summed E-state index contributed by atoms with van der Waals surface area (Å²) in [5.74, 6) is 0.539. The Bertz CT molecular complexity index is 207. The molecule has 90 valence electrons. The number of aliphatic imine (C=N–C) groups is 1. The van der Waals surface area contributed by atoms with E-state index in [1.54, 1.807) is 0 Å². The summed E-state index contributed by atoms with van der Waals surface area (Å²) in [6.07, 6.45) is 0. The molecule has 0 fully saturated rings. The Morgan fingerprint density at radius 2 is 1.93 bits per heavy atom. The molecule has 0 spiro atoms. The van der Waals surface area contributed by atoms with E-state index >= 15 is 0 Å². The van der Waals surface area contributed by atoms with Gasteiger partial charge in [-0.2, -0.15) is 0 Å². The third-order valence-corrected chi connectivity index (χ3v) is 1.86. The zero-order valence-corrected chi connectivity index (χ0v) is 11.0. The molecule has 0 aromatic heterocycles. The predicted octanol–water partition coefficient (Wildman–Crippen LogP) is 0.887. The molecule has 0 saturated carbocycles.